The maximum absolute atomic E-state index is 12.2. The van der Waals surface area contributed by atoms with Gasteiger partial charge in [-0.15, -0.1) is 0 Å². The Morgan fingerprint density at radius 2 is 1.69 bits per heavy atom. The summed E-state index contributed by atoms with van der Waals surface area (Å²) in [5.74, 6) is 0.428. The van der Waals surface area contributed by atoms with E-state index in [1.54, 1.807) is 12.1 Å². The molecule has 0 aliphatic carbocycles. The number of sulfonamides is 1. The van der Waals surface area contributed by atoms with Gasteiger partial charge < -0.3 is 9.47 Å². The number of ether oxygens (including phenoxy) is 2. The molecule has 0 radical (unpaired) electrons. The van der Waals surface area contributed by atoms with Crippen molar-refractivity contribution < 1.29 is 22.8 Å². The molecular formula is C16H17N3O6S. The molecule has 1 N–H and O–H groups in total. The normalized spacial score (nSPS) is 11.3. The van der Waals surface area contributed by atoms with Crippen LogP contribution in [-0.4, -0.2) is 33.8 Å². The van der Waals surface area contributed by atoms with E-state index in [0.717, 1.165) is 11.8 Å². The molecule has 0 heterocycles. The Kier molecular flexibility index (Phi) is 5.78. The van der Waals surface area contributed by atoms with E-state index in [1.807, 2.05) is 11.8 Å². The lowest BCUT2D eigenvalue weighted by molar-refractivity contribution is -0.385. The van der Waals surface area contributed by atoms with Crippen LogP contribution in [-0.2, 0) is 10.0 Å². The predicted octanol–water partition coefficient (Wildman–Crippen LogP) is 2.23. The molecule has 9 nitrogen and oxygen atoms in total. The van der Waals surface area contributed by atoms with Crippen LogP contribution in [0, 0.1) is 17.0 Å². The third kappa shape index (κ3) is 4.28. The lowest BCUT2D eigenvalue weighted by Gasteiger charge is -2.08. The molecule has 10 heteroatoms. The SMILES string of the molecule is COc1cc(/C=N/NS(=O)(=O)c2ccc(C)cc2)c([N+](=O)[O-])cc1OC. The first-order valence-electron chi connectivity index (χ1n) is 7.30. The van der Waals surface area contributed by atoms with Gasteiger partial charge in [0.2, 0.25) is 0 Å². The molecule has 0 saturated heterocycles. The zero-order valence-electron chi connectivity index (χ0n) is 14.3. The molecule has 0 aromatic heterocycles. The fourth-order valence-electron chi connectivity index (χ4n) is 2.08. The van der Waals surface area contributed by atoms with Gasteiger partial charge in [-0.1, -0.05) is 17.7 Å². The molecule has 2 rings (SSSR count). The number of benzene rings is 2. The minimum Gasteiger partial charge on any atom is -0.493 e. The first kappa shape index (κ1) is 19.2. The Morgan fingerprint density at radius 1 is 1.12 bits per heavy atom. The van der Waals surface area contributed by atoms with E-state index in [-0.39, 0.29) is 27.6 Å². The molecule has 138 valence electrons. The summed E-state index contributed by atoms with van der Waals surface area (Å²) in [7, 11) is -1.15. The van der Waals surface area contributed by atoms with Crippen molar-refractivity contribution in [3.63, 3.8) is 0 Å². The molecule has 0 spiro atoms. The quantitative estimate of drug-likeness (QED) is 0.447. The summed E-state index contributed by atoms with van der Waals surface area (Å²) in [6.07, 6.45) is 1.03. The van der Waals surface area contributed by atoms with Crippen molar-refractivity contribution in [2.24, 2.45) is 5.10 Å². The average Bonchev–Trinajstić information content (AvgIpc) is 2.61. The lowest BCUT2D eigenvalue weighted by Crippen LogP contribution is -2.18. The summed E-state index contributed by atoms with van der Waals surface area (Å²) in [6.45, 7) is 1.83. The van der Waals surface area contributed by atoms with Gasteiger partial charge in [0.15, 0.2) is 11.5 Å². The first-order chi connectivity index (χ1) is 12.3. The molecule has 0 aliphatic rings. The van der Waals surface area contributed by atoms with E-state index < -0.39 is 14.9 Å². The predicted molar refractivity (Wildman–Crippen MR) is 95.3 cm³/mol. The molecule has 0 atom stereocenters. The van der Waals surface area contributed by atoms with Gasteiger partial charge >= 0.3 is 0 Å². The van der Waals surface area contributed by atoms with Crippen LogP contribution >= 0.6 is 0 Å². The Hall–Kier alpha value is -3.14. The third-order valence-electron chi connectivity index (χ3n) is 3.44. The second-order valence-electron chi connectivity index (χ2n) is 5.19. The standard InChI is InChI=1S/C16H17N3O6S/c1-11-4-6-13(7-5-11)26(22,23)18-17-10-12-8-15(24-2)16(25-3)9-14(12)19(20)21/h4-10,18H,1-3H3/b17-10+. The summed E-state index contributed by atoms with van der Waals surface area (Å²) in [4.78, 5) is 12.6. The molecule has 26 heavy (non-hydrogen) atoms. The highest BCUT2D eigenvalue weighted by molar-refractivity contribution is 7.89. The van der Waals surface area contributed by atoms with Crippen LogP contribution in [0.4, 0.5) is 5.69 Å². The molecule has 0 saturated carbocycles. The highest BCUT2D eigenvalue weighted by Gasteiger charge is 2.19. The van der Waals surface area contributed by atoms with Crippen molar-refractivity contribution in [2.75, 3.05) is 14.2 Å². The van der Waals surface area contributed by atoms with E-state index in [2.05, 4.69) is 5.10 Å². The summed E-state index contributed by atoms with van der Waals surface area (Å²) >= 11 is 0. The highest BCUT2D eigenvalue weighted by atomic mass is 32.2. The van der Waals surface area contributed by atoms with Crippen LogP contribution < -0.4 is 14.3 Å². The molecule has 0 amide bonds. The van der Waals surface area contributed by atoms with E-state index in [4.69, 9.17) is 9.47 Å². The van der Waals surface area contributed by atoms with Crippen LogP contribution in [0.15, 0.2) is 46.4 Å². The number of hydrogen-bond acceptors (Lipinski definition) is 7. The number of methoxy groups -OCH3 is 2. The minimum atomic E-state index is -3.88. The summed E-state index contributed by atoms with van der Waals surface area (Å²) in [6, 6.07) is 8.68. The van der Waals surface area contributed by atoms with Gasteiger partial charge in [0.05, 0.1) is 41.9 Å². The zero-order valence-corrected chi connectivity index (χ0v) is 15.1. The number of hydrogen-bond donors (Lipinski definition) is 1. The maximum atomic E-state index is 12.2. The molecule has 0 aliphatic heterocycles. The second kappa shape index (κ2) is 7.83. The first-order valence-corrected chi connectivity index (χ1v) is 8.78. The molecule has 0 fully saturated rings. The third-order valence-corrected chi connectivity index (χ3v) is 4.68. The van der Waals surface area contributed by atoms with Gasteiger partial charge in [0.1, 0.15) is 0 Å². The van der Waals surface area contributed by atoms with Crippen molar-refractivity contribution in [3.8, 4) is 11.5 Å². The van der Waals surface area contributed by atoms with Crippen molar-refractivity contribution in [1.82, 2.24) is 4.83 Å². The van der Waals surface area contributed by atoms with E-state index in [1.165, 1.54) is 38.5 Å². The topological polar surface area (TPSA) is 120 Å². The zero-order chi connectivity index (χ0) is 19.3. The van der Waals surface area contributed by atoms with Gasteiger partial charge in [0.25, 0.3) is 15.7 Å². The number of nitro groups is 1. The van der Waals surface area contributed by atoms with Crippen molar-refractivity contribution in [1.29, 1.82) is 0 Å². The molecule has 0 unspecified atom stereocenters. The number of aryl methyl sites for hydroxylation is 1. The Bertz CT molecular complexity index is 939. The van der Waals surface area contributed by atoms with Gasteiger partial charge in [-0.25, -0.2) is 4.83 Å². The molecule has 2 aromatic rings. The fourth-order valence-corrected chi connectivity index (χ4v) is 2.87. The van der Waals surface area contributed by atoms with Crippen molar-refractivity contribution in [3.05, 3.63) is 57.6 Å². The fraction of sp³-hybridized carbons (Fsp3) is 0.188. The average molecular weight is 379 g/mol. The number of nitro benzene ring substituents is 1. The van der Waals surface area contributed by atoms with Crippen LogP contribution in [0.5, 0.6) is 11.5 Å². The number of hydrazone groups is 1. The number of nitrogens with one attached hydrogen (secondary N) is 1. The second-order valence-corrected chi connectivity index (χ2v) is 6.85. The molecule has 0 bridgehead atoms. The summed E-state index contributed by atoms with van der Waals surface area (Å²) in [5.41, 5.74) is 0.661. The number of rotatable bonds is 7. The smallest absolute Gasteiger partial charge is 0.282 e. The molecule has 2 aromatic carbocycles. The van der Waals surface area contributed by atoms with E-state index in [0.29, 0.717) is 0 Å². The van der Waals surface area contributed by atoms with Crippen LogP contribution in [0.2, 0.25) is 0 Å². The van der Waals surface area contributed by atoms with Crippen LogP contribution in [0.3, 0.4) is 0 Å². The Balaban J connectivity index is 2.32. The minimum absolute atomic E-state index is 0.0297. The van der Waals surface area contributed by atoms with Gasteiger partial charge in [-0.2, -0.15) is 13.5 Å². The summed E-state index contributed by atoms with van der Waals surface area (Å²) in [5, 5.41) is 14.8. The lowest BCUT2D eigenvalue weighted by atomic mass is 10.1. The largest absolute Gasteiger partial charge is 0.493 e. The highest BCUT2D eigenvalue weighted by Crippen LogP contribution is 2.33. The summed E-state index contributed by atoms with van der Waals surface area (Å²) < 4.78 is 34.5. The maximum Gasteiger partial charge on any atom is 0.282 e. The Labute approximate surface area is 150 Å². The molecular weight excluding hydrogens is 362 g/mol. The number of nitrogens with zero attached hydrogens (tertiary/aromatic N) is 2. The monoisotopic (exact) mass is 379 g/mol. The van der Waals surface area contributed by atoms with Crippen molar-refractivity contribution in [2.45, 2.75) is 11.8 Å². The van der Waals surface area contributed by atoms with Crippen molar-refractivity contribution >= 4 is 21.9 Å². The van der Waals surface area contributed by atoms with Crippen LogP contribution in [0.1, 0.15) is 11.1 Å². The van der Waals surface area contributed by atoms with Crippen LogP contribution in [0.25, 0.3) is 0 Å². The Morgan fingerprint density at radius 3 is 2.23 bits per heavy atom. The van der Waals surface area contributed by atoms with E-state index in [9.17, 15) is 18.5 Å². The van der Waals surface area contributed by atoms with Gasteiger partial charge in [0, 0.05) is 0 Å². The van der Waals surface area contributed by atoms with Gasteiger partial charge in [-0.3, -0.25) is 10.1 Å². The van der Waals surface area contributed by atoms with E-state index >= 15 is 0 Å². The van der Waals surface area contributed by atoms with Gasteiger partial charge in [-0.05, 0) is 25.1 Å².